The van der Waals surface area contributed by atoms with E-state index in [1.54, 1.807) is 0 Å². The van der Waals surface area contributed by atoms with Gasteiger partial charge < -0.3 is 10.2 Å². The number of hydrogen-bond acceptors (Lipinski definition) is 4. The number of aromatic nitrogens is 1. The van der Waals surface area contributed by atoms with Crippen LogP contribution in [0.15, 0.2) is 35.8 Å². The predicted octanol–water partition coefficient (Wildman–Crippen LogP) is 3.07. The number of nitrogens with zero attached hydrogens (tertiary/aromatic N) is 2. The van der Waals surface area contributed by atoms with Crippen molar-refractivity contribution in [2.45, 2.75) is 38.4 Å². The normalized spacial score (nSPS) is 14.8. The average molecular weight is 301 g/mol. The van der Waals surface area contributed by atoms with Gasteiger partial charge in [0.2, 0.25) is 0 Å². The lowest BCUT2D eigenvalue weighted by Gasteiger charge is -2.15. The summed E-state index contributed by atoms with van der Waals surface area (Å²) in [4.78, 5) is 8.38. The van der Waals surface area contributed by atoms with Crippen molar-refractivity contribution in [2.75, 3.05) is 13.6 Å². The fourth-order valence-electron chi connectivity index (χ4n) is 2.31. The molecule has 1 aliphatic carbocycles. The van der Waals surface area contributed by atoms with Crippen molar-refractivity contribution in [3.63, 3.8) is 0 Å². The van der Waals surface area contributed by atoms with Crippen LogP contribution in [-0.2, 0) is 19.5 Å². The standard InChI is InChI=1S/C17H23N3S/c1-20(9-8-17-3-2-10-21-17)13-16-5-4-14(12-19-16)11-18-15-6-7-15/h2-5,10,12,15,18H,6-9,11,13H2,1H3. The van der Waals surface area contributed by atoms with E-state index in [0.29, 0.717) is 0 Å². The predicted molar refractivity (Wildman–Crippen MR) is 88.5 cm³/mol. The first kappa shape index (κ1) is 14.7. The van der Waals surface area contributed by atoms with Gasteiger partial charge in [0, 0.05) is 36.8 Å². The summed E-state index contributed by atoms with van der Waals surface area (Å²) in [5.74, 6) is 0. The highest BCUT2D eigenvalue weighted by Crippen LogP contribution is 2.19. The number of likely N-dealkylation sites (N-methyl/N-ethyl adjacent to an activating group) is 1. The molecule has 1 aliphatic rings. The molecule has 0 radical (unpaired) electrons. The maximum atomic E-state index is 4.58. The average Bonchev–Trinajstić information content (AvgIpc) is 3.18. The molecule has 0 atom stereocenters. The molecule has 112 valence electrons. The fraction of sp³-hybridized carbons (Fsp3) is 0.471. The molecule has 0 bridgehead atoms. The smallest absolute Gasteiger partial charge is 0.0544 e. The van der Waals surface area contributed by atoms with Gasteiger partial charge in [0.25, 0.3) is 0 Å². The molecule has 1 saturated carbocycles. The van der Waals surface area contributed by atoms with Gasteiger partial charge >= 0.3 is 0 Å². The minimum Gasteiger partial charge on any atom is -0.310 e. The van der Waals surface area contributed by atoms with Gasteiger partial charge in [-0.1, -0.05) is 12.1 Å². The molecule has 1 N–H and O–H groups in total. The fourth-order valence-corrected chi connectivity index (χ4v) is 3.01. The van der Waals surface area contributed by atoms with Gasteiger partial charge in [-0.25, -0.2) is 0 Å². The molecule has 0 unspecified atom stereocenters. The molecular weight excluding hydrogens is 278 g/mol. The Morgan fingerprint density at radius 3 is 2.90 bits per heavy atom. The molecule has 0 spiro atoms. The van der Waals surface area contributed by atoms with E-state index in [4.69, 9.17) is 0 Å². The van der Waals surface area contributed by atoms with Crippen LogP contribution >= 0.6 is 11.3 Å². The van der Waals surface area contributed by atoms with E-state index in [0.717, 1.165) is 37.8 Å². The van der Waals surface area contributed by atoms with Gasteiger partial charge in [-0.05, 0) is 49.4 Å². The van der Waals surface area contributed by atoms with Crippen molar-refractivity contribution in [3.8, 4) is 0 Å². The summed E-state index contributed by atoms with van der Waals surface area (Å²) in [6, 6.07) is 9.44. The van der Waals surface area contributed by atoms with Crippen molar-refractivity contribution < 1.29 is 0 Å². The lowest BCUT2D eigenvalue weighted by atomic mass is 10.2. The van der Waals surface area contributed by atoms with Crippen LogP contribution in [0.5, 0.6) is 0 Å². The summed E-state index contributed by atoms with van der Waals surface area (Å²) in [7, 11) is 2.16. The van der Waals surface area contributed by atoms with Crippen molar-refractivity contribution in [3.05, 3.63) is 52.0 Å². The Balaban J connectivity index is 1.42. The highest BCUT2D eigenvalue weighted by molar-refractivity contribution is 7.09. The van der Waals surface area contributed by atoms with E-state index in [1.807, 2.05) is 17.5 Å². The zero-order valence-electron chi connectivity index (χ0n) is 12.6. The number of rotatable bonds is 8. The minimum absolute atomic E-state index is 0.757. The first-order chi connectivity index (χ1) is 10.3. The van der Waals surface area contributed by atoms with Crippen molar-refractivity contribution >= 4 is 11.3 Å². The van der Waals surface area contributed by atoms with Crippen LogP contribution in [0.1, 0.15) is 29.0 Å². The second kappa shape index (κ2) is 7.16. The van der Waals surface area contributed by atoms with Crippen molar-refractivity contribution in [2.24, 2.45) is 0 Å². The van der Waals surface area contributed by atoms with Gasteiger partial charge in [-0.2, -0.15) is 0 Å². The molecule has 2 aromatic heterocycles. The number of pyridine rings is 1. The van der Waals surface area contributed by atoms with Crippen LogP contribution in [0.2, 0.25) is 0 Å². The minimum atomic E-state index is 0.757. The van der Waals surface area contributed by atoms with Crippen LogP contribution < -0.4 is 5.32 Å². The Morgan fingerprint density at radius 1 is 1.33 bits per heavy atom. The summed E-state index contributed by atoms with van der Waals surface area (Å²) < 4.78 is 0. The number of thiophene rings is 1. The largest absolute Gasteiger partial charge is 0.310 e. The first-order valence-electron chi connectivity index (χ1n) is 7.68. The monoisotopic (exact) mass is 301 g/mol. The van der Waals surface area contributed by atoms with E-state index in [2.05, 4.69) is 51.9 Å². The SMILES string of the molecule is CN(CCc1cccs1)Cc1ccc(CNC2CC2)cn1. The van der Waals surface area contributed by atoms with Gasteiger partial charge in [-0.3, -0.25) is 4.98 Å². The highest BCUT2D eigenvalue weighted by Gasteiger charge is 2.19. The summed E-state index contributed by atoms with van der Waals surface area (Å²) >= 11 is 1.84. The molecule has 2 aromatic rings. The summed E-state index contributed by atoms with van der Waals surface area (Å²) in [6.45, 7) is 2.95. The highest BCUT2D eigenvalue weighted by atomic mass is 32.1. The molecule has 1 fully saturated rings. The van der Waals surface area contributed by atoms with Crippen LogP contribution in [0.4, 0.5) is 0 Å². The van der Waals surface area contributed by atoms with E-state index >= 15 is 0 Å². The second-order valence-corrected chi connectivity index (χ2v) is 6.91. The Kier molecular flexibility index (Phi) is 5.01. The summed E-state index contributed by atoms with van der Waals surface area (Å²) in [6.07, 6.45) is 5.80. The van der Waals surface area contributed by atoms with E-state index in [-0.39, 0.29) is 0 Å². The van der Waals surface area contributed by atoms with Gasteiger partial charge in [0.15, 0.2) is 0 Å². The van der Waals surface area contributed by atoms with Crippen molar-refractivity contribution in [1.29, 1.82) is 0 Å². The second-order valence-electron chi connectivity index (χ2n) is 5.88. The molecule has 21 heavy (non-hydrogen) atoms. The molecule has 0 aromatic carbocycles. The quantitative estimate of drug-likeness (QED) is 0.812. The van der Waals surface area contributed by atoms with Crippen LogP contribution in [0, 0.1) is 0 Å². The van der Waals surface area contributed by atoms with Gasteiger partial charge in [0.1, 0.15) is 0 Å². The summed E-state index contributed by atoms with van der Waals surface area (Å²) in [5.41, 5.74) is 2.44. The van der Waals surface area contributed by atoms with Crippen LogP contribution in [-0.4, -0.2) is 29.5 Å². The lowest BCUT2D eigenvalue weighted by Crippen LogP contribution is -2.21. The van der Waals surface area contributed by atoms with Crippen molar-refractivity contribution in [1.82, 2.24) is 15.2 Å². The number of hydrogen-bond donors (Lipinski definition) is 1. The third-order valence-corrected chi connectivity index (χ3v) is 4.75. The van der Waals surface area contributed by atoms with Gasteiger partial charge in [0.05, 0.1) is 5.69 Å². The first-order valence-corrected chi connectivity index (χ1v) is 8.56. The van der Waals surface area contributed by atoms with Crippen LogP contribution in [0.3, 0.4) is 0 Å². The molecule has 0 aliphatic heterocycles. The van der Waals surface area contributed by atoms with Crippen LogP contribution in [0.25, 0.3) is 0 Å². The molecule has 4 heteroatoms. The Bertz CT molecular complexity index is 532. The Hall–Kier alpha value is -1.23. The zero-order chi connectivity index (χ0) is 14.5. The molecule has 3 nitrogen and oxygen atoms in total. The maximum absolute atomic E-state index is 4.58. The molecule has 2 heterocycles. The van der Waals surface area contributed by atoms with Gasteiger partial charge in [-0.15, -0.1) is 11.3 Å². The van der Waals surface area contributed by atoms with E-state index in [1.165, 1.54) is 23.3 Å². The summed E-state index contributed by atoms with van der Waals surface area (Å²) in [5, 5.41) is 5.66. The topological polar surface area (TPSA) is 28.2 Å². The zero-order valence-corrected chi connectivity index (χ0v) is 13.4. The molecular formula is C17H23N3S. The maximum Gasteiger partial charge on any atom is 0.0544 e. The Labute approximate surface area is 131 Å². The Morgan fingerprint density at radius 2 is 2.24 bits per heavy atom. The van der Waals surface area contributed by atoms with E-state index in [9.17, 15) is 0 Å². The van der Waals surface area contributed by atoms with E-state index < -0.39 is 0 Å². The molecule has 3 rings (SSSR count). The third kappa shape index (κ3) is 4.92. The molecule has 0 amide bonds. The number of nitrogens with one attached hydrogen (secondary N) is 1. The third-order valence-electron chi connectivity index (χ3n) is 3.81. The molecule has 0 saturated heterocycles. The lowest BCUT2D eigenvalue weighted by molar-refractivity contribution is 0.328.